The Morgan fingerprint density at radius 3 is 2.22 bits per heavy atom. The summed E-state index contributed by atoms with van der Waals surface area (Å²) in [6.45, 7) is 7.03. The van der Waals surface area contributed by atoms with E-state index in [4.69, 9.17) is 13.7 Å². The monoisotopic (exact) mass is 723 g/mol. The maximum absolute atomic E-state index is 14.3. The van der Waals surface area contributed by atoms with Gasteiger partial charge in [-0.15, -0.1) is 0 Å². The molecule has 12 nitrogen and oxygen atoms in total. The molecule has 46 heavy (non-hydrogen) atoms. The van der Waals surface area contributed by atoms with Crippen molar-refractivity contribution in [2.75, 3.05) is 13.7 Å². The van der Waals surface area contributed by atoms with Gasteiger partial charge in [0.25, 0.3) is 10.1 Å². The van der Waals surface area contributed by atoms with E-state index in [-0.39, 0.29) is 29.9 Å². The maximum atomic E-state index is 14.3. The highest BCUT2D eigenvalue weighted by Gasteiger charge is 2.86. The molecule has 6 rings (SSSR count). The maximum Gasteiger partial charge on any atom is 0.408 e. The summed E-state index contributed by atoms with van der Waals surface area (Å²) >= 11 is 3.28. The average Bonchev–Trinajstić information content (AvgIpc) is 3.85. The molecule has 252 valence electrons. The van der Waals surface area contributed by atoms with E-state index in [1.54, 1.807) is 32.9 Å². The molecule has 4 aliphatic carbocycles. The molecule has 1 aromatic carbocycles. The summed E-state index contributed by atoms with van der Waals surface area (Å²) in [5.74, 6) is -1.92. The van der Waals surface area contributed by atoms with Gasteiger partial charge >= 0.3 is 12.1 Å². The van der Waals surface area contributed by atoms with Crippen LogP contribution in [0.2, 0.25) is 0 Å². The molecule has 1 aromatic rings. The largest absolute Gasteiger partial charge is 0.467 e. The Morgan fingerprint density at radius 1 is 1.04 bits per heavy atom. The fourth-order valence-electron chi connectivity index (χ4n) is 7.98. The van der Waals surface area contributed by atoms with Crippen molar-refractivity contribution in [3.8, 4) is 0 Å². The predicted molar refractivity (Wildman–Crippen MR) is 168 cm³/mol. The topological polar surface area (TPSA) is 157 Å². The Bertz CT molecular complexity index is 1540. The zero-order valence-corrected chi connectivity index (χ0v) is 29.2. The van der Waals surface area contributed by atoms with Crippen LogP contribution in [0.15, 0.2) is 33.6 Å². The third-order valence-corrected chi connectivity index (χ3v) is 12.7. The molecule has 14 heteroatoms. The summed E-state index contributed by atoms with van der Waals surface area (Å²) in [6, 6.07) is 3.64. The normalized spacial score (nSPS) is 34.5. The van der Waals surface area contributed by atoms with Gasteiger partial charge in [-0.25, -0.2) is 9.59 Å². The number of hydrogen-bond acceptors (Lipinski definition) is 9. The molecule has 1 heterocycles. The first kappa shape index (κ1) is 33.2. The number of methoxy groups -OCH3 is 1. The second-order valence-corrected chi connectivity index (χ2v) is 17.4. The lowest BCUT2D eigenvalue weighted by Crippen LogP contribution is -2.59. The van der Waals surface area contributed by atoms with E-state index in [1.807, 2.05) is 6.92 Å². The molecule has 4 saturated carbocycles. The minimum absolute atomic E-state index is 0.0758. The van der Waals surface area contributed by atoms with Gasteiger partial charge in [0, 0.05) is 17.4 Å². The van der Waals surface area contributed by atoms with Crippen molar-refractivity contribution in [2.24, 2.45) is 22.2 Å². The lowest BCUT2D eigenvalue weighted by molar-refractivity contribution is -0.148. The van der Waals surface area contributed by atoms with Crippen LogP contribution < -0.4 is 10.6 Å². The molecule has 2 N–H and O–H groups in total. The summed E-state index contributed by atoms with van der Waals surface area (Å²) in [7, 11) is -3.00. The standard InChI is InChI=1S/C32H42BrN3O9S/c1-6-18-12-32(18,27(39)43-5)35-25(37)23-11-20(45-46(41,42)22-9-7-19(33)8-10-22)15-36(23)26(38)24(29(2,3)4)34-28(40)44-21-13-30-16-31(30,14-21)17-30/h7-10,18,20-21,23-24H,6,11-17H2,1-5H3,(H,34,40)(H,35,37)/t18-,20+,21?,23+,24-,30?,31?,32-/m1/s1. The fraction of sp³-hybridized carbons (Fsp3) is 0.688. The predicted octanol–water partition coefficient (Wildman–Crippen LogP) is 3.67. The Balaban J connectivity index is 1.21. The molecule has 0 unspecified atom stereocenters. The Labute approximate surface area is 277 Å². The molecular weight excluding hydrogens is 682 g/mol. The van der Waals surface area contributed by atoms with Gasteiger partial charge in [0.15, 0.2) is 0 Å². The molecule has 5 atom stereocenters. The van der Waals surface area contributed by atoms with Gasteiger partial charge in [0.2, 0.25) is 11.8 Å². The molecule has 5 aliphatic rings. The van der Waals surface area contributed by atoms with Crippen LogP contribution in [0.4, 0.5) is 4.79 Å². The van der Waals surface area contributed by atoms with Crippen LogP contribution in [0.5, 0.6) is 0 Å². The van der Waals surface area contributed by atoms with Gasteiger partial charge in [-0.2, -0.15) is 8.42 Å². The summed E-state index contributed by atoms with van der Waals surface area (Å²) in [5.41, 5.74) is -1.30. The zero-order valence-electron chi connectivity index (χ0n) is 26.8. The molecule has 3 amide bonds. The molecule has 1 saturated heterocycles. The number of nitrogens with zero attached hydrogens (tertiary/aromatic N) is 1. The molecule has 0 radical (unpaired) electrons. The van der Waals surface area contributed by atoms with Crippen LogP contribution in [0, 0.1) is 22.2 Å². The number of likely N-dealkylation sites (tertiary alicyclic amines) is 1. The van der Waals surface area contributed by atoms with Crippen molar-refractivity contribution >= 4 is 49.9 Å². The Kier molecular flexibility index (Phi) is 8.07. The van der Waals surface area contributed by atoms with E-state index >= 15 is 0 Å². The first-order valence-electron chi connectivity index (χ1n) is 15.8. The van der Waals surface area contributed by atoms with Gasteiger partial charge in [0.05, 0.1) is 18.1 Å². The molecule has 1 aliphatic heterocycles. The van der Waals surface area contributed by atoms with E-state index in [0.717, 1.165) is 12.8 Å². The van der Waals surface area contributed by atoms with Crippen LogP contribution in [0.3, 0.4) is 0 Å². The third-order valence-electron chi connectivity index (χ3n) is 10.8. The van der Waals surface area contributed by atoms with E-state index in [2.05, 4.69) is 26.6 Å². The Morgan fingerprint density at radius 2 is 1.67 bits per heavy atom. The summed E-state index contributed by atoms with van der Waals surface area (Å²) in [6.07, 6.45) is 3.02. The van der Waals surface area contributed by atoms with E-state index < -0.39 is 63.1 Å². The molecule has 5 fully saturated rings. The van der Waals surface area contributed by atoms with E-state index in [9.17, 15) is 27.6 Å². The highest BCUT2D eigenvalue weighted by atomic mass is 79.9. The van der Waals surface area contributed by atoms with Crippen molar-refractivity contribution < 1.29 is 41.3 Å². The number of esters is 1. The van der Waals surface area contributed by atoms with Crippen LogP contribution >= 0.6 is 15.9 Å². The van der Waals surface area contributed by atoms with Crippen molar-refractivity contribution in [2.45, 2.75) is 107 Å². The SMILES string of the molecule is CC[C@@H]1C[C@]1(NC(=O)[C@@H]1C[C@H](OS(=O)(=O)c2ccc(Br)cc2)CN1C(=O)[C@@H](NC(=O)OC1CC23CC2(C1)C3)C(C)(C)C)C(=O)OC. The number of nitrogens with one attached hydrogen (secondary N) is 2. The number of carbonyl (C=O) groups is 4. The first-order valence-corrected chi connectivity index (χ1v) is 18.1. The second kappa shape index (κ2) is 11.2. The number of rotatable bonds is 10. The summed E-state index contributed by atoms with van der Waals surface area (Å²) in [5, 5.41) is 5.57. The number of amides is 3. The first-order chi connectivity index (χ1) is 21.5. The Hall–Kier alpha value is -2.71. The summed E-state index contributed by atoms with van der Waals surface area (Å²) < 4.78 is 43.4. The van der Waals surface area contributed by atoms with Crippen LogP contribution in [0.1, 0.15) is 72.6 Å². The van der Waals surface area contributed by atoms with E-state index in [0.29, 0.717) is 28.1 Å². The quantitative estimate of drug-likeness (QED) is 0.272. The van der Waals surface area contributed by atoms with Crippen molar-refractivity contribution in [1.29, 1.82) is 0 Å². The molecule has 0 aromatic heterocycles. The molecule has 0 bridgehead atoms. The smallest absolute Gasteiger partial charge is 0.408 e. The van der Waals surface area contributed by atoms with Crippen LogP contribution in [0.25, 0.3) is 0 Å². The fourth-order valence-corrected chi connectivity index (χ4v) is 9.32. The van der Waals surface area contributed by atoms with Crippen molar-refractivity contribution in [1.82, 2.24) is 15.5 Å². The average molecular weight is 725 g/mol. The number of carbonyl (C=O) groups excluding carboxylic acids is 4. The van der Waals surface area contributed by atoms with E-state index in [1.165, 1.54) is 37.0 Å². The van der Waals surface area contributed by atoms with Crippen LogP contribution in [-0.2, 0) is 38.2 Å². The van der Waals surface area contributed by atoms with Crippen molar-refractivity contribution in [3.05, 3.63) is 28.7 Å². The second-order valence-electron chi connectivity index (χ2n) is 14.9. The zero-order chi connectivity index (χ0) is 33.4. The number of ether oxygens (including phenoxy) is 2. The number of alkyl carbamates (subject to hydrolysis) is 1. The lowest BCUT2D eigenvalue weighted by atomic mass is 9.85. The van der Waals surface area contributed by atoms with Gasteiger partial charge < -0.3 is 25.0 Å². The molecular formula is C32H42BrN3O9S. The van der Waals surface area contributed by atoms with Crippen molar-refractivity contribution in [3.63, 3.8) is 0 Å². The van der Waals surface area contributed by atoms with Crippen LogP contribution in [-0.4, -0.2) is 80.7 Å². The van der Waals surface area contributed by atoms with Gasteiger partial charge in [-0.05, 0) is 78.5 Å². The molecule has 0 spiro atoms. The lowest BCUT2D eigenvalue weighted by Gasteiger charge is -2.35. The number of halogens is 1. The minimum atomic E-state index is -4.25. The van der Waals surface area contributed by atoms with Gasteiger partial charge in [-0.3, -0.25) is 13.8 Å². The van der Waals surface area contributed by atoms with Gasteiger partial charge in [-0.1, -0.05) is 50.0 Å². The minimum Gasteiger partial charge on any atom is -0.467 e. The summed E-state index contributed by atoms with van der Waals surface area (Å²) in [4.78, 5) is 55.1. The number of hydrogen-bond donors (Lipinski definition) is 2. The number of benzene rings is 1. The van der Waals surface area contributed by atoms with Gasteiger partial charge in [0.1, 0.15) is 23.7 Å². The highest BCUT2D eigenvalue weighted by Crippen LogP contribution is 2.93. The third kappa shape index (κ3) is 5.82. The highest BCUT2D eigenvalue weighted by molar-refractivity contribution is 9.10.